The van der Waals surface area contributed by atoms with Crippen molar-refractivity contribution in [3.8, 4) is 0 Å². The summed E-state index contributed by atoms with van der Waals surface area (Å²) >= 11 is 0. The van der Waals surface area contributed by atoms with Gasteiger partial charge in [-0.05, 0) is 114 Å². The number of piperidine rings is 3. The van der Waals surface area contributed by atoms with E-state index < -0.39 is 0 Å². The van der Waals surface area contributed by atoms with Crippen molar-refractivity contribution in [1.29, 1.82) is 0 Å². The molecule has 3 aliphatic rings. The van der Waals surface area contributed by atoms with E-state index in [1.807, 2.05) is 0 Å². The summed E-state index contributed by atoms with van der Waals surface area (Å²) in [5, 5.41) is 13.8. The van der Waals surface area contributed by atoms with E-state index in [0.29, 0.717) is 36.3 Å². The van der Waals surface area contributed by atoms with E-state index >= 15 is 0 Å². The van der Waals surface area contributed by atoms with Gasteiger partial charge >= 0.3 is 41.7 Å². The van der Waals surface area contributed by atoms with Gasteiger partial charge in [0, 0.05) is 17.9 Å². The van der Waals surface area contributed by atoms with Crippen molar-refractivity contribution < 1.29 is 41.7 Å². The fraction of sp³-hybridized carbons (Fsp3) is 0.917. The summed E-state index contributed by atoms with van der Waals surface area (Å²) in [6.07, 6.45) is 11.8. The molecule has 3 fully saturated rings. The van der Waals surface area contributed by atoms with Crippen LogP contribution in [0.15, 0.2) is 15.0 Å². The van der Waals surface area contributed by atoms with Gasteiger partial charge in [-0.1, -0.05) is 102 Å². The summed E-state index contributed by atoms with van der Waals surface area (Å²) < 4.78 is 0. The number of rotatable bonds is 6. The zero-order valence-electron chi connectivity index (χ0n) is 32.1. The van der Waals surface area contributed by atoms with Crippen LogP contribution in [0.2, 0.25) is 0 Å². The van der Waals surface area contributed by atoms with Crippen molar-refractivity contribution in [3.05, 3.63) is 16.0 Å². The molecule has 10 heteroatoms. The van der Waals surface area contributed by atoms with Crippen LogP contribution < -0.4 is 0 Å². The summed E-state index contributed by atoms with van der Waals surface area (Å²) in [5.74, 6) is 2.92. The second-order valence-electron chi connectivity index (χ2n) is 14.4. The maximum atomic E-state index is 4.62. The molecule has 0 unspecified atom stereocenters. The van der Waals surface area contributed by atoms with Gasteiger partial charge < -0.3 is 45.6 Å². The number of hydrogen-bond acceptors (Lipinski definition) is 3. The second kappa shape index (κ2) is 26.1. The average molecular weight is 771 g/mol. The first kappa shape index (κ1) is 45.2. The van der Waals surface area contributed by atoms with Gasteiger partial charge in [0.2, 0.25) is 0 Å². The molecule has 0 aromatic carbocycles. The predicted octanol–water partition coefficient (Wildman–Crippen LogP) is 9.06. The Morgan fingerprint density at radius 1 is 0.370 bits per heavy atom. The first-order chi connectivity index (χ1) is 21.3. The Labute approximate surface area is 319 Å². The van der Waals surface area contributed by atoms with Crippen LogP contribution in [0.4, 0.5) is 0 Å². The minimum absolute atomic E-state index is 0. The van der Waals surface area contributed by atoms with Gasteiger partial charge in [-0.15, -0.1) is 0 Å². The molecule has 0 bridgehead atoms. The summed E-state index contributed by atoms with van der Waals surface area (Å²) in [6, 6.07) is 2.02. The number of aliphatic imine (C=N–C) groups is 3. The van der Waals surface area contributed by atoms with Crippen molar-refractivity contribution in [3.63, 3.8) is 0 Å². The monoisotopic (exact) mass is 770 g/mol. The van der Waals surface area contributed by atoms with E-state index in [1.165, 1.54) is 57.8 Å². The average Bonchev–Trinajstić information content (AvgIpc) is 2.97. The van der Waals surface area contributed by atoms with E-state index in [-0.39, 0.29) is 41.7 Å². The number of hydrogen-bond donors (Lipinski definition) is 0. The third-order valence-electron chi connectivity index (χ3n) is 7.16. The molecule has 0 aromatic heterocycles. The van der Waals surface area contributed by atoms with E-state index in [0.717, 1.165) is 57.1 Å². The van der Waals surface area contributed by atoms with Crippen molar-refractivity contribution in [2.24, 2.45) is 15.0 Å². The fourth-order valence-electron chi connectivity index (χ4n) is 5.26. The van der Waals surface area contributed by atoms with Crippen molar-refractivity contribution in [2.45, 2.75) is 177 Å². The van der Waals surface area contributed by atoms with Crippen LogP contribution in [0.1, 0.15) is 141 Å². The van der Waals surface area contributed by atoms with Gasteiger partial charge in [-0.3, -0.25) is 0 Å². The van der Waals surface area contributed by atoms with E-state index in [9.17, 15) is 0 Å². The van der Waals surface area contributed by atoms with Crippen molar-refractivity contribution >= 4 is 17.9 Å². The van der Waals surface area contributed by atoms with Gasteiger partial charge in [0.25, 0.3) is 0 Å². The molecule has 1 radical (unpaired) electrons. The largest absolute Gasteiger partial charge is 3.00 e. The topological polar surface area (TPSA) is 89.1 Å². The Bertz CT molecular complexity index is 725. The SMILES string of the molecule is CC(C)N=C([N-]C(C)C)N1CCCCC1.CC(C)N=C([N-]C(C)C)N1CCCCC1.CC(C)N=C([N-]C(C)C)N1CCCCC1.[Ce+3]. The zero-order chi connectivity index (χ0) is 33.8. The Kier molecular flexibility index (Phi) is 25.6. The summed E-state index contributed by atoms with van der Waals surface area (Å²) in [7, 11) is 0. The van der Waals surface area contributed by atoms with Crippen LogP contribution in [-0.4, -0.2) is 108 Å². The second-order valence-corrected chi connectivity index (χ2v) is 14.4. The Balaban J connectivity index is 0.000000653. The molecule has 0 spiro atoms. The Morgan fingerprint density at radius 3 is 0.717 bits per heavy atom. The molecule has 0 saturated carbocycles. The number of nitrogens with zero attached hydrogens (tertiary/aromatic N) is 9. The molecular formula is C36H72CeN9. The van der Waals surface area contributed by atoms with E-state index in [4.69, 9.17) is 0 Å². The molecule has 0 aromatic rings. The molecule has 0 aliphatic carbocycles. The molecule has 0 N–H and O–H groups in total. The summed E-state index contributed by atoms with van der Waals surface area (Å²) in [6.45, 7) is 32.1. The molecule has 3 rings (SSSR count). The normalized spacial score (nSPS) is 18.4. The Hall–Kier alpha value is -0.813. The summed E-state index contributed by atoms with van der Waals surface area (Å²) in [4.78, 5) is 20.9. The number of guanidine groups is 3. The molecule has 0 amide bonds. The Morgan fingerprint density at radius 2 is 0.565 bits per heavy atom. The van der Waals surface area contributed by atoms with Gasteiger partial charge in [0.15, 0.2) is 0 Å². The molecule has 46 heavy (non-hydrogen) atoms. The first-order valence-electron chi connectivity index (χ1n) is 18.4. The van der Waals surface area contributed by atoms with Crippen molar-refractivity contribution in [1.82, 2.24) is 14.7 Å². The molecule has 265 valence electrons. The van der Waals surface area contributed by atoms with Crippen LogP contribution in [0.25, 0.3) is 16.0 Å². The molecule has 3 saturated heterocycles. The fourth-order valence-corrected chi connectivity index (χ4v) is 5.26. The smallest absolute Gasteiger partial charge is 0.426 e. The first-order valence-corrected chi connectivity index (χ1v) is 18.4. The summed E-state index contributed by atoms with van der Waals surface area (Å²) in [5.41, 5.74) is 0. The molecule has 0 atom stereocenters. The third kappa shape index (κ3) is 21.9. The van der Waals surface area contributed by atoms with Gasteiger partial charge in [0.1, 0.15) is 0 Å². The van der Waals surface area contributed by atoms with Crippen LogP contribution in [0.3, 0.4) is 0 Å². The maximum absolute atomic E-state index is 4.62. The standard InChI is InChI=1S/3C12H24N3.Ce/c3*1-10(2)13-12(14-11(3)4)15-8-6-5-7-9-15;/h3*10-11H,5-9H2,1-4H3;/q3*-1;+3. The van der Waals surface area contributed by atoms with Crippen LogP contribution in [0.5, 0.6) is 0 Å². The minimum atomic E-state index is 0. The third-order valence-corrected chi connectivity index (χ3v) is 7.16. The zero-order valence-corrected chi connectivity index (χ0v) is 35.2. The van der Waals surface area contributed by atoms with Crippen LogP contribution in [-0.2, 0) is 0 Å². The molecule has 9 nitrogen and oxygen atoms in total. The van der Waals surface area contributed by atoms with Crippen LogP contribution >= 0.6 is 0 Å². The minimum Gasteiger partial charge on any atom is -0.426 e. The molecular weight excluding hydrogens is 699 g/mol. The molecule has 3 heterocycles. The quantitative estimate of drug-likeness (QED) is 0.200. The van der Waals surface area contributed by atoms with Crippen LogP contribution in [0, 0.1) is 41.7 Å². The van der Waals surface area contributed by atoms with E-state index in [2.05, 4.69) is 129 Å². The van der Waals surface area contributed by atoms with Crippen molar-refractivity contribution in [2.75, 3.05) is 39.3 Å². The predicted molar refractivity (Wildman–Crippen MR) is 199 cm³/mol. The maximum Gasteiger partial charge on any atom is 3.00 e. The molecule has 3 aliphatic heterocycles. The van der Waals surface area contributed by atoms with Gasteiger partial charge in [-0.25, -0.2) is 0 Å². The van der Waals surface area contributed by atoms with Gasteiger partial charge in [-0.2, -0.15) is 0 Å². The van der Waals surface area contributed by atoms with Gasteiger partial charge in [0.05, 0.1) is 0 Å². The van der Waals surface area contributed by atoms with E-state index in [1.54, 1.807) is 0 Å². The number of likely N-dealkylation sites (tertiary alicyclic amines) is 3.